The Morgan fingerprint density at radius 1 is 1.29 bits per heavy atom. The first-order valence-corrected chi connectivity index (χ1v) is 8.02. The van der Waals surface area contributed by atoms with Crippen molar-refractivity contribution in [2.24, 2.45) is 0 Å². The lowest BCUT2D eigenvalue weighted by molar-refractivity contribution is -0.139. The number of urea groups is 1. The fraction of sp³-hybridized carbons (Fsp3) is 0.867. The zero-order valence-electron chi connectivity index (χ0n) is 13.4. The molecule has 0 bridgehead atoms. The Labute approximate surface area is 127 Å². The first-order valence-electron chi connectivity index (χ1n) is 8.02. The average Bonchev–Trinajstić information content (AvgIpc) is 2.39. The van der Waals surface area contributed by atoms with Crippen LogP contribution in [0.5, 0.6) is 0 Å². The number of carboxylic acids is 1. The number of amides is 2. The summed E-state index contributed by atoms with van der Waals surface area (Å²) in [6.45, 7) is 6.96. The van der Waals surface area contributed by atoms with E-state index in [0.717, 1.165) is 38.6 Å². The summed E-state index contributed by atoms with van der Waals surface area (Å²) in [7, 11) is 0. The maximum atomic E-state index is 11.9. The molecule has 0 heterocycles. The van der Waals surface area contributed by atoms with Crippen LogP contribution >= 0.6 is 0 Å². The smallest absolute Gasteiger partial charge is 0.317 e. The highest BCUT2D eigenvalue weighted by atomic mass is 16.4. The lowest BCUT2D eigenvalue weighted by Crippen LogP contribution is -2.57. The minimum absolute atomic E-state index is 0.0779. The molecule has 0 spiro atoms. The molecule has 1 saturated carbocycles. The first-order chi connectivity index (χ1) is 9.99. The molecule has 0 saturated heterocycles. The van der Waals surface area contributed by atoms with E-state index < -0.39 is 5.97 Å². The van der Waals surface area contributed by atoms with Gasteiger partial charge in [-0.25, -0.2) is 4.79 Å². The van der Waals surface area contributed by atoms with E-state index >= 15 is 0 Å². The van der Waals surface area contributed by atoms with E-state index in [1.807, 2.05) is 11.8 Å². The van der Waals surface area contributed by atoms with Crippen LogP contribution in [0.25, 0.3) is 0 Å². The normalized spacial score (nSPS) is 22.5. The lowest BCUT2D eigenvalue weighted by Gasteiger charge is -2.42. The second kappa shape index (κ2) is 8.87. The van der Waals surface area contributed by atoms with Crippen LogP contribution in [0, 0.1) is 0 Å². The Morgan fingerprint density at radius 3 is 2.43 bits per heavy atom. The average molecular weight is 299 g/mol. The van der Waals surface area contributed by atoms with Gasteiger partial charge in [0.05, 0.1) is 6.54 Å². The third-order valence-corrected chi connectivity index (χ3v) is 4.17. The van der Waals surface area contributed by atoms with Crippen molar-refractivity contribution in [2.75, 3.05) is 13.1 Å². The van der Waals surface area contributed by atoms with Gasteiger partial charge in [0, 0.05) is 18.1 Å². The monoisotopic (exact) mass is 299 g/mol. The van der Waals surface area contributed by atoms with Gasteiger partial charge >= 0.3 is 12.0 Å². The molecule has 3 N–H and O–H groups in total. The molecule has 1 fully saturated rings. The summed E-state index contributed by atoms with van der Waals surface area (Å²) in [5.74, 6) is -0.795. The summed E-state index contributed by atoms with van der Waals surface area (Å²) in [6, 6.07) is 0.580. The molecular weight excluding hydrogens is 270 g/mol. The number of likely N-dealkylation sites (N-methyl/N-ethyl adjacent to an activating group) is 1. The van der Waals surface area contributed by atoms with Gasteiger partial charge in [0.2, 0.25) is 0 Å². The Kier molecular flexibility index (Phi) is 7.50. The van der Waals surface area contributed by atoms with Crippen molar-refractivity contribution >= 4 is 12.0 Å². The SMILES string of the molecule is CCCC(CC)NC(=O)NC1CC(N(CC)CC(=O)O)C1. The largest absolute Gasteiger partial charge is 0.480 e. The zero-order chi connectivity index (χ0) is 15.8. The molecule has 1 aliphatic carbocycles. The van der Waals surface area contributed by atoms with Crippen molar-refractivity contribution in [1.29, 1.82) is 0 Å². The van der Waals surface area contributed by atoms with Gasteiger partial charge in [0.25, 0.3) is 0 Å². The van der Waals surface area contributed by atoms with Gasteiger partial charge < -0.3 is 15.7 Å². The van der Waals surface area contributed by atoms with Gasteiger partial charge in [0.1, 0.15) is 0 Å². The Bertz CT molecular complexity index is 343. The molecule has 1 unspecified atom stereocenters. The molecule has 0 aromatic heterocycles. The zero-order valence-corrected chi connectivity index (χ0v) is 13.4. The lowest BCUT2D eigenvalue weighted by atomic mass is 9.85. The summed E-state index contributed by atoms with van der Waals surface area (Å²) in [5.41, 5.74) is 0. The number of carbonyl (C=O) groups is 2. The molecule has 1 rings (SSSR count). The third kappa shape index (κ3) is 5.91. The number of aliphatic carboxylic acids is 1. The molecule has 0 radical (unpaired) electrons. The maximum Gasteiger partial charge on any atom is 0.317 e. The van der Waals surface area contributed by atoms with Crippen molar-refractivity contribution in [1.82, 2.24) is 15.5 Å². The van der Waals surface area contributed by atoms with Gasteiger partial charge in [-0.15, -0.1) is 0 Å². The molecule has 21 heavy (non-hydrogen) atoms. The van der Waals surface area contributed by atoms with Crippen LogP contribution in [-0.2, 0) is 4.79 Å². The van der Waals surface area contributed by atoms with Crippen molar-refractivity contribution < 1.29 is 14.7 Å². The highest BCUT2D eigenvalue weighted by molar-refractivity contribution is 5.74. The number of carboxylic acid groups (broad SMARTS) is 1. The Hall–Kier alpha value is -1.30. The summed E-state index contributed by atoms with van der Waals surface area (Å²) in [5, 5.41) is 14.8. The second-order valence-electron chi connectivity index (χ2n) is 5.79. The van der Waals surface area contributed by atoms with Crippen LogP contribution in [0.15, 0.2) is 0 Å². The van der Waals surface area contributed by atoms with E-state index in [9.17, 15) is 9.59 Å². The first kappa shape index (κ1) is 17.8. The maximum absolute atomic E-state index is 11.9. The number of carbonyl (C=O) groups excluding carboxylic acids is 1. The summed E-state index contributed by atoms with van der Waals surface area (Å²) < 4.78 is 0. The minimum Gasteiger partial charge on any atom is -0.480 e. The van der Waals surface area contributed by atoms with E-state index in [2.05, 4.69) is 24.5 Å². The van der Waals surface area contributed by atoms with Gasteiger partial charge in [0.15, 0.2) is 0 Å². The summed E-state index contributed by atoms with van der Waals surface area (Å²) in [4.78, 5) is 24.6. The van der Waals surface area contributed by atoms with E-state index in [4.69, 9.17) is 5.11 Å². The van der Waals surface area contributed by atoms with Crippen molar-refractivity contribution in [3.63, 3.8) is 0 Å². The van der Waals surface area contributed by atoms with Crippen LogP contribution in [0.2, 0.25) is 0 Å². The summed E-state index contributed by atoms with van der Waals surface area (Å²) in [6.07, 6.45) is 4.67. The van der Waals surface area contributed by atoms with Crippen molar-refractivity contribution in [3.05, 3.63) is 0 Å². The number of nitrogens with one attached hydrogen (secondary N) is 2. The van der Waals surface area contributed by atoms with Crippen LogP contribution in [-0.4, -0.2) is 53.2 Å². The molecule has 2 amide bonds. The van der Waals surface area contributed by atoms with Gasteiger partial charge in [-0.05, 0) is 32.2 Å². The minimum atomic E-state index is -0.795. The van der Waals surface area contributed by atoms with Crippen LogP contribution in [0.4, 0.5) is 4.79 Å². The van der Waals surface area contributed by atoms with E-state index in [1.165, 1.54) is 0 Å². The molecule has 1 aliphatic rings. The van der Waals surface area contributed by atoms with Crippen LogP contribution in [0.1, 0.15) is 52.9 Å². The molecule has 0 aromatic carbocycles. The topological polar surface area (TPSA) is 81.7 Å². The summed E-state index contributed by atoms with van der Waals surface area (Å²) >= 11 is 0. The van der Waals surface area contributed by atoms with Gasteiger partial charge in [-0.3, -0.25) is 9.69 Å². The number of hydrogen-bond acceptors (Lipinski definition) is 3. The third-order valence-electron chi connectivity index (χ3n) is 4.17. The molecule has 122 valence electrons. The number of hydrogen-bond donors (Lipinski definition) is 3. The standard InChI is InChI=1S/C15H29N3O3/c1-4-7-11(5-2)16-15(21)17-12-8-13(9-12)18(6-3)10-14(19)20/h11-13H,4-10H2,1-3H3,(H,19,20)(H2,16,17,21). The number of rotatable bonds is 9. The predicted octanol–water partition coefficient (Wildman–Crippen LogP) is 1.80. The molecule has 6 heteroatoms. The van der Waals surface area contributed by atoms with E-state index in [0.29, 0.717) is 0 Å². The fourth-order valence-corrected chi connectivity index (χ4v) is 2.82. The Morgan fingerprint density at radius 2 is 1.95 bits per heavy atom. The Balaban J connectivity index is 2.27. The highest BCUT2D eigenvalue weighted by Gasteiger charge is 2.34. The van der Waals surface area contributed by atoms with E-state index in [-0.39, 0.29) is 30.7 Å². The molecule has 0 aliphatic heterocycles. The quantitative estimate of drug-likeness (QED) is 0.606. The van der Waals surface area contributed by atoms with Gasteiger partial charge in [-0.2, -0.15) is 0 Å². The van der Waals surface area contributed by atoms with Crippen LogP contribution < -0.4 is 10.6 Å². The van der Waals surface area contributed by atoms with Gasteiger partial charge in [-0.1, -0.05) is 27.2 Å². The van der Waals surface area contributed by atoms with Crippen LogP contribution in [0.3, 0.4) is 0 Å². The van der Waals surface area contributed by atoms with Crippen molar-refractivity contribution in [3.8, 4) is 0 Å². The fourth-order valence-electron chi connectivity index (χ4n) is 2.82. The molecule has 0 aromatic rings. The molecule has 6 nitrogen and oxygen atoms in total. The van der Waals surface area contributed by atoms with E-state index in [1.54, 1.807) is 0 Å². The van der Waals surface area contributed by atoms with Crippen molar-refractivity contribution in [2.45, 2.75) is 71.0 Å². The second-order valence-corrected chi connectivity index (χ2v) is 5.79. The molecule has 1 atom stereocenters. The number of nitrogens with zero attached hydrogens (tertiary/aromatic N) is 1. The molecular formula is C15H29N3O3. The predicted molar refractivity (Wildman–Crippen MR) is 82.3 cm³/mol. The highest BCUT2D eigenvalue weighted by Crippen LogP contribution is 2.25.